The highest BCUT2D eigenvalue weighted by Crippen LogP contribution is 2.42. The summed E-state index contributed by atoms with van der Waals surface area (Å²) in [7, 11) is 0. The largest absolute Gasteiger partial charge is 0.464 e. The Bertz CT molecular complexity index is 957. The van der Waals surface area contributed by atoms with Gasteiger partial charge >= 0.3 is 0 Å². The lowest BCUT2D eigenvalue weighted by Crippen LogP contribution is -2.29. The van der Waals surface area contributed by atoms with Crippen molar-refractivity contribution in [2.75, 3.05) is 4.90 Å². The topological polar surface area (TPSA) is 41.3 Å². The number of aromatic nitrogens is 1. The van der Waals surface area contributed by atoms with Gasteiger partial charge in [0.2, 0.25) is 0 Å². The molecule has 2 aromatic heterocycles. The Morgan fingerprint density at radius 1 is 1.15 bits per heavy atom. The van der Waals surface area contributed by atoms with Crippen molar-refractivity contribution in [2.45, 2.75) is 25.9 Å². The van der Waals surface area contributed by atoms with Crippen LogP contribution in [0.2, 0.25) is 0 Å². The molecule has 4 rings (SSSR count). The minimum atomic E-state index is -0.238. The van der Waals surface area contributed by atoms with E-state index in [9.17, 15) is 4.39 Å². The molecule has 0 unspecified atom stereocenters. The zero-order chi connectivity index (χ0) is 18.3. The molecular weight excluding hydrogens is 349 g/mol. The highest BCUT2D eigenvalue weighted by Gasteiger charge is 2.42. The van der Waals surface area contributed by atoms with Gasteiger partial charge in [-0.15, -0.1) is 0 Å². The number of anilines is 1. The molecule has 2 atom stereocenters. The number of rotatable bonds is 3. The summed E-state index contributed by atoms with van der Waals surface area (Å²) in [5.41, 5.74) is 2.26. The van der Waals surface area contributed by atoms with Crippen LogP contribution in [0.15, 0.2) is 59.1 Å². The molecule has 1 fully saturated rings. The zero-order valence-corrected chi connectivity index (χ0v) is 15.3. The molecule has 0 spiro atoms. The SMILES string of the molecule is Cc1ccc([C@H]2[C@@H](c3ccccn3)NC(=S)N2c2ccc(F)c(C)c2)o1. The second-order valence-electron chi connectivity index (χ2n) is 6.38. The molecular formula is C20H18FN3OS. The summed E-state index contributed by atoms with van der Waals surface area (Å²) in [5, 5.41) is 3.91. The minimum absolute atomic E-state index is 0.167. The van der Waals surface area contributed by atoms with Crippen molar-refractivity contribution in [3.63, 3.8) is 0 Å². The Morgan fingerprint density at radius 3 is 2.65 bits per heavy atom. The van der Waals surface area contributed by atoms with Crippen molar-refractivity contribution in [1.29, 1.82) is 0 Å². The summed E-state index contributed by atoms with van der Waals surface area (Å²) in [5.74, 6) is 1.37. The first-order valence-electron chi connectivity index (χ1n) is 8.38. The van der Waals surface area contributed by atoms with Crippen LogP contribution in [-0.4, -0.2) is 10.1 Å². The smallest absolute Gasteiger partial charge is 0.174 e. The standard InChI is InChI=1S/C20H18FN3OS/c1-12-11-14(7-8-15(12)21)24-19(17-9-6-13(2)25-17)18(23-20(24)26)16-5-3-4-10-22-16/h3-11,18-19H,1-2H3,(H,23,26)/t18-,19+/m1/s1. The fraction of sp³-hybridized carbons (Fsp3) is 0.200. The normalized spacial score (nSPS) is 19.7. The first-order chi connectivity index (χ1) is 12.5. The van der Waals surface area contributed by atoms with Crippen LogP contribution in [0.1, 0.15) is 34.9 Å². The van der Waals surface area contributed by atoms with Gasteiger partial charge in [0.15, 0.2) is 5.11 Å². The summed E-state index contributed by atoms with van der Waals surface area (Å²) >= 11 is 5.61. The van der Waals surface area contributed by atoms with Gasteiger partial charge in [-0.3, -0.25) is 4.98 Å². The van der Waals surface area contributed by atoms with Crippen molar-refractivity contribution < 1.29 is 8.81 Å². The number of aryl methyl sites for hydroxylation is 2. The summed E-state index contributed by atoms with van der Waals surface area (Å²) in [4.78, 5) is 6.46. The number of benzene rings is 1. The third-order valence-electron chi connectivity index (χ3n) is 4.57. The molecule has 0 aliphatic carbocycles. The highest BCUT2D eigenvalue weighted by molar-refractivity contribution is 7.80. The van der Waals surface area contributed by atoms with Gasteiger partial charge in [-0.2, -0.15) is 0 Å². The van der Waals surface area contributed by atoms with E-state index in [0.717, 1.165) is 22.9 Å². The van der Waals surface area contributed by atoms with Crippen LogP contribution < -0.4 is 10.2 Å². The Morgan fingerprint density at radius 2 is 2.00 bits per heavy atom. The Kier molecular flexibility index (Phi) is 4.20. The van der Waals surface area contributed by atoms with E-state index in [2.05, 4.69) is 10.3 Å². The van der Waals surface area contributed by atoms with Crippen LogP contribution in [0, 0.1) is 19.7 Å². The van der Waals surface area contributed by atoms with E-state index in [1.165, 1.54) is 6.07 Å². The molecule has 0 amide bonds. The van der Waals surface area contributed by atoms with Gasteiger partial charge in [0, 0.05) is 11.9 Å². The van der Waals surface area contributed by atoms with Gasteiger partial charge in [-0.25, -0.2) is 4.39 Å². The lowest BCUT2D eigenvalue weighted by molar-refractivity contribution is 0.418. The summed E-state index contributed by atoms with van der Waals surface area (Å²) < 4.78 is 19.7. The van der Waals surface area contributed by atoms with Crippen molar-refractivity contribution in [3.8, 4) is 0 Å². The van der Waals surface area contributed by atoms with Crippen LogP contribution in [-0.2, 0) is 0 Å². The van der Waals surface area contributed by atoms with E-state index in [4.69, 9.17) is 16.6 Å². The maximum atomic E-state index is 13.8. The lowest BCUT2D eigenvalue weighted by Gasteiger charge is -2.26. The fourth-order valence-electron chi connectivity index (χ4n) is 3.31. The molecule has 1 saturated heterocycles. The lowest BCUT2D eigenvalue weighted by atomic mass is 10.0. The third kappa shape index (κ3) is 2.86. The van der Waals surface area contributed by atoms with Crippen molar-refractivity contribution in [3.05, 3.63) is 83.3 Å². The average Bonchev–Trinajstić information content (AvgIpc) is 3.21. The number of hydrogen-bond acceptors (Lipinski definition) is 3. The molecule has 26 heavy (non-hydrogen) atoms. The maximum absolute atomic E-state index is 13.8. The fourth-order valence-corrected chi connectivity index (χ4v) is 3.66. The summed E-state index contributed by atoms with van der Waals surface area (Å²) in [6, 6.07) is 14.3. The molecule has 0 radical (unpaired) electrons. The molecule has 1 aliphatic rings. The van der Waals surface area contributed by atoms with Gasteiger partial charge in [0.1, 0.15) is 23.4 Å². The van der Waals surface area contributed by atoms with E-state index in [1.807, 2.05) is 42.2 Å². The van der Waals surface area contributed by atoms with Crippen molar-refractivity contribution in [2.24, 2.45) is 0 Å². The van der Waals surface area contributed by atoms with Crippen molar-refractivity contribution >= 4 is 23.0 Å². The van der Waals surface area contributed by atoms with Gasteiger partial charge in [-0.1, -0.05) is 6.07 Å². The van der Waals surface area contributed by atoms with Crippen LogP contribution in [0.5, 0.6) is 0 Å². The summed E-state index contributed by atoms with van der Waals surface area (Å²) in [6.07, 6.45) is 1.76. The van der Waals surface area contributed by atoms with Crippen LogP contribution in [0.4, 0.5) is 10.1 Å². The maximum Gasteiger partial charge on any atom is 0.174 e. The molecule has 3 aromatic rings. The third-order valence-corrected chi connectivity index (χ3v) is 4.88. The molecule has 1 aliphatic heterocycles. The molecule has 3 heterocycles. The first-order valence-corrected chi connectivity index (χ1v) is 8.78. The number of nitrogens with zero attached hydrogens (tertiary/aromatic N) is 2. The molecule has 0 saturated carbocycles. The number of nitrogens with one attached hydrogen (secondary N) is 1. The summed E-state index contributed by atoms with van der Waals surface area (Å²) in [6.45, 7) is 3.65. The quantitative estimate of drug-likeness (QED) is 0.685. The molecule has 1 N–H and O–H groups in total. The van der Waals surface area contributed by atoms with E-state index in [-0.39, 0.29) is 17.9 Å². The van der Waals surface area contributed by atoms with Crippen LogP contribution in [0.25, 0.3) is 0 Å². The predicted molar refractivity (Wildman–Crippen MR) is 103 cm³/mol. The second-order valence-corrected chi connectivity index (χ2v) is 6.77. The van der Waals surface area contributed by atoms with Crippen LogP contribution in [0.3, 0.4) is 0 Å². The van der Waals surface area contributed by atoms with Gasteiger partial charge in [0.25, 0.3) is 0 Å². The van der Waals surface area contributed by atoms with Crippen LogP contribution >= 0.6 is 12.2 Å². The molecule has 132 valence electrons. The van der Waals surface area contributed by atoms with Crippen molar-refractivity contribution in [1.82, 2.24) is 10.3 Å². The van der Waals surface area contributed by atoms with Gasteiger partial charge in [0.05, 0.1) is 11.7 Å². The molecule has 6 heteroatoms. The molecule has 1 aromatic carbocycles. The molecule has 0 bridgehead atoms. The minimum Gasteiger partial charge on any atom is -0.464 e. The Hall–Kier alpha value is -2.73. The van der Waals surface area contributed by atoms with Gasteiger partial charge < -0.3 is 14.6 Å². The number of halogens is 1. The molecule has 4 nitrogen and oxygen atoms in total. The number of thiocarbonyl (C=S) groups is 1. The van der Waals surface area contributed by atoms with Gasteiger partial charge in [-0.05, 0) is 74.1 Å². The second kappa shape index (κ2) is 6.53. The van der Waals surface area contributed by atoms with E-state index < -0.39 is 0 Å². The van der Waals surface area contributed by atoms with E-state index in [1.54, 1.807) is 25.3 Å². The predicted octanol–water partition coefficient (Wildman–Crippen LogP) is 4.61. The number of furan rings is 1. The number of pyridine rings is 1. The first kappa shape index (κ1) is 16.7. The van der Waals surface area contributed by atoms with E-state index >= 15 is 0 Å². The number of hydrogen-bond donors (Lipinski definition) is 1. The zero-order valence-electron chi connectivity index (χ0n) is 14.4. The monoisotopic (exact) mass is 367 g/mol. The highest BCUT2D eigenvalue weighted by atomic mass is 32.1. The Balaban J connectivity index is 1.83. The average molecular weight is 367 g/mol. The van der Waals surface area contributed by atoms with E-state index in [0.29, 0.717) is 10.7 Å². The Labute approximate surface area is 156 Å².